The quantitative estimate of drug-likeness (QED) is 0.451. The number of carbonyl (C=O) groups is 1. The molecule has 1 heterocycles. The number of carbonyl (C=O) groups excluding carboxylic acids is 1. The van der Waals surface area contributed by atoms with Crippen LogP contribution in [-0.2, 0) is 9.47 Å². The Morgan fingerprint density at radius 2 is 2.18 bits per heavy atom. The first kappa shape index (κ1) is 8.11. The molecule has 3 heteroatoms. The smallest absolute Gasteiger partial charge is 0.434 e. The molecule has 0 saturated carbocycles. The molecule has 0 aromatic carbocycles. The zero-order valence-corrected chi connectivity index (χ0v) is 6.63. The van der Waals surface area contributed by atoms with Crippen molar-refractivity contribution in [3.05, 3.63) is 12.7 Å². The molecule has 0 N–H and O–H groups in total. The Hall–Kier alpha value is -0.990. The molecule has 0 atom stereocenters. The molecule has 1 saturated heterocycles. The monoisotopic (exact) mass is 156 g/mol. The Morgan fingerprint density at radius 1 is 1.64 bits per heavy atom. The number of rotatable bonds is 2. The fourth-order valence-electron chi connectivity index (χ4n) is 1.02. The first-order valence-corrected chi connectivity index (χ1v) is 3.57. The van der Waals surface area contributed by atoms with Crippen LogP contribution in [0.1, 0.15) is 13.3 Å². The van der Waals surface area contributed by atoms with Gasteiger partial charge in [-0.2, -0.15) is 0 Å². The molecule has 0 bridgehead atoms. The number of ether oxygens (including phenoxy) is 2. The van der Waals surface area contributed by atoms with Gasteiger partial charge in [-0.3, -0.25) is 0 Å². The Labute approximate surface area is 66.0 Å². The van der Waals surface area contributed by atoms with Crippen molar-refractivity contribution in [2.24, 2.45) is 5.41 Å². The Bertz CT molecular complexity index is 164. The molecule has 0 amide bonds. The van der Waals surface area contributed by atoms with Crippen LogP contribution < -0.4 is 0 Å². The number of hydrogen-bond acceptors (Lipinski definition) is 3. The van der Waals surface area contributed by atoms with E-state index in [4.69, 9.17) is 9.47 Å². The fourth-order valence-corrected chi connectivity index (χ4v) is 1.02. The van der Waals surface area contributed by atoms with Crippen LogP contribution in [0.25, 0.3) is 0 Å². The lowest BCUT2D eigenvalue weighted by molar-refractivity contribution is -0.0507. The van der Waals surface area contributed by atoms with Crippen molar-refractivity contribution in [2.45, 2.75) is 13.3 Å². The minimum atomic E-state index is -0.563. The van der Waals surface area contributed by atoms with E-state index in [0.717, 1.165) is 6.42 Å². The summed E-state index contributed by atoms with van der Waals surface area (Å²) in [7, 11) is 0. The summed E-state index contributed by atoms with van der Waals surface area (Å²) in [5, 5.41) is 0. The van der Waals surface area contributed by atoms with Crippen molar-refractivity contribution in [1.29, 1.82) is 0 Å². The third kappa shape index (κ3) is 1.97. The second-order valence-electron chi connectivity index (χ2n) is 3.13. The fraction of sp³-hybridized carbons (Fsp3) is 0.625. The molecule has 1 rings (SSSR count). The Kier molecular flexibility index (Phi) is 2.17. The maximum absolute atomic E-state index is 10.5. The van der Waals surface area contributed by atoms with Crippen molar-refractivity contribution < 1.29 is 14.3 Å². The van der Waals surface area contributed by atoms with E-state index in [2.05, 4.69) is 6.58 Å². The average Bonchev–Trinajstić information content (AvgIpc) is 1.97. The molecule has 0 aliphatic carbocycles. The molecule has 1 fully saturated rings. The predicted molar refractivity (Wildman–Crippen MR) is 40.2 cm³/mol. The SMILES string of the molecule is C=CCC1(C)COC(=O)OC1. The van der Waals surface area contributed by atoms with Crippen LogP contribution in [0.4, 0.5) is 4.79 Å². The minimum Gasteiger partial charge on any atom is -0.434 e. The van der Waals surface area contributed by atoms with Gasteiger partial charge in [0.25, 0.3) is 0 Å². The van der Waals surface area contributed by atoms with E-state index in [0.29, 0.717) is 13.2 Å². The lowest BCUT2D eigenvalue weighted by Crippen LogP contribution is -2.36. The van der Waals surface area contributed by atoms with Crippen LogP contribution in [-0.4, -0.2) is 19.4 Å². The lowest BCUT2D eigenvalue weighted by Gasteiger charge is -2.30. The summed E-state index contributed by atoms with van der Waals surface area (Å²) in [6.07, 6.45) is 2.05. The Balaban J connectivity index is 2.47. The standard InChI is InChI=1S/C8H12O3/c1-3-4-8(2)5-10-7(9)11-6-8/h3H,1,4-6H2,2H3. The molecule has 11 heavy (non-hydrogen) atoms. The van der Waals surface area contributed by atoms with Crippen molar-refractivity contribution >= 4 is 6.16 Å². The molecule has 0 radical (unpaired) electrons. The summed E-state index contributed by atoms with van der Waals surface area (Å²) in [5.74, 6) is 0. The molecule has 0 aromatic heterocycles. The third-order valence-electron chi connectivity index (χ3n) is 1.71. The van der Waals surface area contributed by atoms with Crippen molar-refractivity contribution in [1.82, 2.24) is 0 Å². The second-order valence-corrected chi connectivity index (χ2v) is 3.13. The normalized spacial score (nSPS) is 21.7. The maximum atomic E-state index is 10.5. The van der Waals surface area contributed by atoms with Gasteiger partial charge < -0.3 is 9.47 Å². The predicted octanol–water partition coefficient (Wildman–Crippen LogP) is 1.74. The maximum Gasteiger partial charge on any atom is 0.508 e. The second kappa shape index (κ2) is 2.95. The topological polar surface area (TPSA) is 35.5 Å². The summed E-state index contributed by atoms with van der Waals surface area (Å²) in [5.41, 5.74) is -0.0737. The van der Waals surface area contributed by atoms with Crippen molar-refractivity contribution in [2.75, 3.05) is 13.2 Å². The van der Waals surface area contributed by atoms with Gasteiger partial charge in [0.05, 0.1) is 0 Å². The highest BCUT2D eigenvalue weighted by Crippen LogP contribution is 2.26. The van der Waals surface area contributed by atoms with Gasteiger partial charge in [0.2, 0.25) is 0 Å². The highest BCUT2D eigenvalue weighted by molar-refractivity contribution is 5.60. The van der Waals surface area contributed by atoms with Gasteiger partial charge in [0.1, 0.15) is 13.2 Å². The van der Waals surface area contributed by atoms with Crippen molar-refractivity contribution in [3.8, 4) is 0 Å². The highest BCUT2D eigenvalue weighted by atomic mass is 16.7. The first-order valence-electron chi connectivity index (χ1n) is 3.57. The molecule has 1 aliphatic rings. The van der Waals surface area contributed by atoms with Gasteiger partial charge in [-0.15, -0.1) is 6.58 Å². The molecule has 62 valence electrons. The van der Waals surface area contributed by atoms with Crippen LogP contribution in [0.3, 0.4) is 0 Å². The highest BCUT2D eigenvalue weighted by Gasteiger charge is 2.31. The zero-order valence-electron chi connectivity index (χ0n) is 6.63. The van der Waals surface area contributed by atoms with E-state index in [1.54, 1.807) is 0 Å². The van der Waals surface area contributed by atoms with Crippen LogP contribution in [0.2, 0.25) is 0 Å². The average molecular weight is 156 g/mol. The minimum absolute atomic E-state index is 0.0737. The van der Waals surface area contributed by atoms with Gasteiger partial charge in [-0.25, -0.2) is 4.79 Å². The van der Waals surface area contributed by atoms with E-state index in [9.17, 15) is 4.79 Å². The van der Waals surface area contributed by atoms with Gasteiger partial charge in [0, 0.05) is 5.41 Å². The summed E-state index contributed by atoms with van der Waals surface area (Å²) in [4.78, 5) is 10.5. The number of cyclic esters (lactones) is 2. The summed E-state index contributed by atoms with van der Waals surface area (Å²) >= 11 is 0. The first-order chi connectivity index (χ1) is 5.16. The van der Waals surface area contributed by atoms with Gasteiger partial charge in [-0.1, -0.05) is 13.0 Å². The molecule has 0 unspecified atom stereocenters. The van der Waals surface area contributed by atoms with Crippen molar-refractivity contribution in [3.63, 3.8) is 0 Å². The van der Waals surface area contributed by atoms with Gasteiger partial charge >= 0.3 is 6.16 Å². The summed E-state index contributed by atoms with van der Waals surface area (Å²) in [6.45, 7) is 6.48. The van der Waals surface area contributed by atoms with Crippen LogP contribution in [0, 0.1) is 5.41 Å². The summed E-state index contributed by atoms with van der Waals surface area (Å²) < 4.78 is 9.47. The van der Waals surface area contributed by atoms with Gasteiger partial charge in [0.15, 0.2) is 0 Å². The van der Waals surface area contributed by atoms with E-state index in [1.165, 1.54) is 0 Å². The van der Waals surface area contributed by atoms with E-state index < -0.39 is 6.16 Å². The van der Waals surface area contributed by atoms with Crippen LogP contribution in [0.15, 0.2) is 12.7 Å². The molecule has 3 nitrogen and oxygen atoms in total. The van der Waals surface area contributed by atoms with E-state index in [1.807, 2.05) is 13.0 Å². The van der Waals surface area contributed by atoms with E-state index >= 15 is 0 Å². The van der Waals surface area contributed by atoms with Crippen LogP contribution in [0.5, 0.6) is 0 Å². The molecule has 0 aromatic rings. The zero-order chi connectivity index (χ0) is 8.32. The molecule has 1 aliphatic heterocycles. The Morgan fingerprint density at radius 3 is 2.64 bits per heavy atom. The summed E-state index contributed by atoms with van der Waals surface area (Å²) in [6, 6.07) is 0. The molecule has 0 spiro atoms. The lowest BCUT2D eigenvalue weighted by atomic mass is 9.88. The molecular weight excluding hydrogens is 144 g/mol. The van der Waals surface area contributed by atoms with Gasteiger partial charge in [-0.05, 0) is 6.42 Å². The van der Waals surface area contributed by atoms with Crippen LogP contribution >= 0.6 is 0 Å². The number of hydrogen-bond donors (Lipinski definition) is 0. The largest absolute Gasteiger partial charge is 0.508 e. The third-order valence-corrected chi connectivity index (χ3v) is 1.71. The van der Waals surface area contributed by atoms with E-state index in [-0.39, 0.29) is 5.41 Å². The number of allylic oxidation sites excluding steroid dienone is 1. The molecular formula is C8H12O3.